The fourth-order valence-electron chi connectivity index (χ4n) is 4.42. The lowest BCUT2D eigenvalue weighted by atomic mass is 9.97. The number of pyridine rings is 2. The first-order valence-corrected chi connectivity index (χ1v) is 12.3. The normalized spacial score (nSPS) is 21.2. The number of hydrazone groups is 1. The quantitative estimate of drug-likeness (QED) is 0.628. The van der Waals surface area contributed by atoms with Crippen LogP contribution in [0, 0.1) is 11.7 Å². The molecule has 2 N–H and O–H groups in total. The molecule has 0 saturated carbocycles. The molecule has 0 radical (unpaired) electrons. The zero-order valence-electron chi connectivity index (χ0n) is 20.2. The summed E-state index contributed by atoms with van der Waals surface area (Å²) in [5, 5.41) is 20.3. The van der Waals surface area contributed by atoms with Crippen LogP contribution < -0.4 is 15.6 Å². The van der Waals surface area contributed by atoms with Crippen LogP contribution in [0.4, 0.5) is 10.2 Å². The highest BCUT2D eigenvalue weighted by molar-refractivity contribution is 8.02. The summed E-state index contributed by atoms with van der Waals surface area (Å²) >= 11 is 1.40. The van der Waals surface area contributed by atoms with Gasteiger partial charge in [0.15, 0.2) is 17.1 Å². The second-order valence-corrected chi connectivity index (χ2v) is 10.8. The molecule has 2 aromatic rings. The molecule has 11 nitrogen and oxygen atoms in total. The van der Waals surface area contributed by atoms with Crippen LogP contribution >= 0.6 is 11.8 Å². The van der Waals surface area contributed by atoms with Crippen LogP contribution in [-0.2, 0) is 4.79 Å². The predicted octanol–water partition coefficient (Wildman–Crippen LogP) is 1.82. The molecule has 190 valence electrons. The van der Waals surface area contributed by atoms with Gasteiger partial charge in [0.05, 0.1) is 16.8 Å². The molecule has 0 aliphatic carbocycles. The first-order valence-electron chi connectivity index (χ1n) is 11.4. The van der Waals surface area contributed by atoms with Gasteiger partial charge in [0.25, 0.3) is 0 Å². The van der Waals surface area contributed by atoms with Crippen molar-refractivity contribution in [1.29, 1.82) is 0 Å². The van der Waals surface area contributed by atoms with Crippen LogP contribution in [0.15, 0.2) is 33.8 Å². The molecule has 3 aliphatic rings. The van der Waals surface area contributed by atoms with Crippen molar-refractivity contribution in [3.63, 3.8) is 0 Å². The van der Waals surface area contributed by atoms with E-state index in [-0.39, 0.29) is 52.8 Å². The van der Waals surface area contributed by atoms with E-state index in [0.29, 0.717) is 12.3 Å². The lowest BCUT2D eigenvalue weighted by Gasteiger charge is -2.39. The van der Waals surface area contributed by atoms with E-state index in [2.05, 4.69) is 15.4 Å². The van der Waals surface area contributed by atoms with E-state index in [1.807, 2.05) is 49.5 Å². The topological polar surface area (TPSA) is 123 Å². The Bertz CT molecular complexity index is 1400. The number of thioether (sulfide) groups is 1. The van der Waals surface area contributed by atoms with Crippen molar-refractivity contribution < 1.29 is 19.1 Å². The molecule has 36 heavy (non-hydrogen) atoms. The van der Waals surface area contributed by atoms with Crippen molar-refractivity contribution in [2.75, 3.05) is 32.1 Å². The number of nitrogens with zero attached hydrogens (tertiary/aromatic N) is 6. The van der Waals surface area contributed by atoms with Crippen LogP contribution in [-0.4, -0.2) is 75.0 Å². The van der Waals surface area contributed by atoms with Crippen molar-refractivity contribution in [1.82, 2.24) is 24.8 Å². The fourth-order valence-corrected chi connectivity index (χ4v) is 5.38. The number of aromatic nitrogens is 2. The number of amides is 1. The molecule has 1 saturated heterocycles. The molecule has 1 unspecified atom stereocenters. The van der Waals surface area contributed by atoms with Crippen LogP contribution in [0.3, 0.4) is 0 Å². The van der Waals surface area contributed by atoms with Crippen molar-refractivity contribution in [2.24, 2.45) is 11.0 Å². The lowest BCUT2D eigenvalue weighted by Crippen LogP contribution is -2.55. The summed E-state index contributed by atoms with van der Waals surface area (Å²) in [4.78, 5) is 45.1. The van der Waals surface area contributed by atoms with E-state index in [0.717, 1.165) is 6.07 Å². The first kappa shape index (κ1) is 24.1. The summed E-state index contributed by atoms with van der Waals surface area (Å²) in [6, 6.07) is 1.04. The molecule has 1 fully saturated rings. The predicted molar refractivity (Wildman–Crippen MR) is 134 cm³/mol. The van der Waals surface area contributed by atoms with Gasteiger partial charge in [0, 0.05) is 46.0 Å². The summed E-state index contributed by atoms with van der Waals surface area (Å²) in [7, 11) is 3.66. The van der Waals surface area contributed by atoms with Gasteiger partial charge < -0.3 is 24.8 Å². The zero-order valence-corrected chi connectivity index (χ0v) is 21.0. The molecule has 0 aromatic carbocycles. The third kappa shape index (κ3) is 3.96. The third-order valence-electron chi connectivity index (χ3n) is 6.82. The molecule has 13 heteroatoms. The highest BCUT2D eigenvalue weighted by Crippen LogP contribution is 2.36. The van der Waals surface area contributed by atoms with Gasteiger partial charge in [-0.25, -0.2) is 14.2 Å². The van der Waals surface area contributed by atoms with Crippen molar-refractivity contribution in [2.45, 2.75) is 31.3 Å². The minimum atomic E-state index is -1.39. The van der Waals surface area contributed by atoms with E-state index in [9.17, 15) is 19.5 Å². The van der Waals surface area contributed by atoms with E-state index < -0.39 is 22.8 Å². The summed E-state index contributed by atoms with van der Waals surface area (Å²) in [6.45, 7) is 4.58. The molecule has 0 bridgehead atoms. The Morgan fingerprint density at radius 3 is 2.58 bits per heavy atom. The summed E-state index contributed by atoms with van der Waals surface area (Å²) in [5.41, 5.74) is -1.64. The van der Waals surface area contributed by atoms with E-state index in [1.54, 1.807) is 9.47 Å². The molecule has 0 spiro atoms. The van der Waals surface area contributed by atoms with E-state index in [4.69, 9.17) is 0 Å². The van der Waals surface area contributed by atoms with Gasteiger partial charge in [0.2, 0.25) is 11.3 Å². The highest BCUT2D eigenvalue weighted by Gasteiger charge is 2.38. The summed E-state index contributed by atoms with van der Waals surface area (Å²) in [6.07, 6.45) is 3.68. The number of anilines is 1. The minimum absolute atomic E-state index is 0.0143. The number of carboxylic acid groups (broad SMARTS) is 1. The number of rotatable bonds is 4. The number of carboxylic acids is 1. The van der Waals surface area contributed by atoms with Crippen molar-refractivity contribution in [3.05, 3.63) is 45.5 Å². The summed E-state index contributed by atoms with van der Waals surface area (Å²) in [5.74, 6) is -2.07. The van der Waals surface area contributed by atoms with Crippen LogP contribution in [0.2, 0.25) is 0 Å². The standard InChI is InChI=1S/C23H26FN7O4S/c1-23(2)8-16(27-29(23)4)25-20(33)12-9-30(10-12)19-15(24)7-13-17(32)14(21(34)35)11-31(18(13)26-19)22-28(3)5-6-36-22/h5-7,11-12,22H,8-10H2,1-4H3,(H,34,35)(H,25,27,33). The van der Waals surface area contributed by atoms with Gasteiger partial charge in [-0.3, -0.25) is 14.6 Å². The van der Waals surface area contributed by atoms with E-state index in [1.165, 1.54) is 18.0 Å². The summed E-state index contributed by atoms with van der Waals surface area (Å²) < 4.78 is 16.7. The molecule has 3 aliphatic heterocycles. The maximum absolute atomic E-state index is 15.1. The number of aromatic carboxylic acids is 1. The number of fused-ring (bicyclic) bond motifs is 1. The van der Waals surface area contributed by atoms with Crippen LogP contribution in [0.25, 0.3) is 11.0 Å². The monoisotopic (exact) mass is 515 g/mol. The largest absolute Gasteiger partial charge is 0.477 e. The fraction of sp³-hybridized carbons (Fsp3) is 0.435. The average molecular weight is 516 g/mol. The number of hydrogen-bond acceptors (Lipinski definition) is 9. The van der Waals surface area contributed by atoms with Crippen LogP contribution in [0.5, 0.6) is 0 Å². The molecular formula is C23H26FN7O4S. The molecule has 1 amide bonds. The molecular weight excluding hydrogens is 489 g/mol. The van der Waals surface area contributed by atoms with Gasteiger partial charge >= 0.3 is 5.97 Å². The number of carbonyl (C=O) groups is 2. The molecule has 5 rings (SSSR count). The Balaban J connectivity index is 1.41. The third-order valence-corrected chi connectivity index (χ3v) is 7.90. The van der Waals surface area contributed by atoms with Gasteiger partial charge in [-0.2, -0.15) is 5.10 Å². The van der Waals surface area contributed by atoms with Crippen molar-refractivity contribution >= 4 is 46.3 Å². The number of carbonyl (C=O) groups excluding carboxylic acids is 1. The Morgan fingerprint density at radius 2 is 2.00 bits per heavy atom. The lowest BCUT2D eigenvalue weighted by molar-refractivity contribution is -0.124. The van der Waals surface area contributed by atoms with Crippen molar-refractivity contribution in [3.8, 4) is 0 Å². The van der Waals surface area contributed by atoms with E-state index >= 15 is 4.39 Å². The number of hydrogen-bond donors (Lipinski definition) is 2. The zero-order chi connectivity index (χ0) is 25.9. The number of nitrogens with one attached hydrogen (secondary N) is 1. The van der Waals surface area contributed by atoms with Crippen LogP contribution in [0.1, 0.15) is 36.1 Å². The maximum Gasteiger partial charge on any atom is 0.341 e. The second-order valence-electron chi connectivity index (χ2n) is 9.81. The number of amidine groups is 1. The van der Waals surface area contributed by atoms with Gasteiger partial charge in [-0.1, -0.05) is 11.8 Å². The Hall–Kier alpha value is -3.61. The van der Waals surface area contributed by atoms with Gasteiger partial charge in [-0.15, -0.1) is 0 Å². The molecule has 1 atom stereocenters. The smallest absolute Gasteiger partial charge is 0.341 e. The first-order chi connectivity index (χ1) is 17.0. The van der Waals surface area contributed by atoms with Gasteiger partial charge in [-0.05, 0) is 25.3 Å². The Labute approximate surface area is 210 Å². The molecule has 2 aromatic heterocycles. The SMILES string of the molecule is CN1C=CSC1n1cc(C(=O)O)c(=O)c2cc(F)c(N3CC(C(=O)NC4=NN(C)C(C)(C)C4)C3)nc21. The average Bonchev–Trinajstić information content (AvgIpc) is 3.29. The second kappa shape index (κ2) is 8.50. The number of halogens is 1. The van der Waals surface area contributed by atoms with Gasteiger partial charge in [0.1, 0.15) is 17.0 Å². The Kier molecular flexibility index (Phi) is 5.69. The highest BCUT2D eigenvalue weighted by atomic mass is 32.2. The molecule has 5 heterocycles. The Morgan fingerprint density at radius 1 is 1.28 bits per heavy atom. The minimum Gasteiger partial charge on any atom is -0.477 e. The maximum atomic E-state index is 15.1.